The van der Waals surface area contributed by atoms with Gasteiger partial charge in [0.15, 0.2) is 0 Å². The van der Waals surface area contributed by atoms with Gasteiger partial charge in [-0.2, -0.15) is 0 Å². The minimum absolute atomic E-state index is 0.358. The molecule has 0 N–H and O–H groups in total. The number of ether oxygens (including phenoxy) is 1. The van der Waals surface area contributed by atoms with E-state index in [-0.39, 0.29) is 0 Å². The van der Waals surface area contributed by atoms with Gasteiger partial charge in [-0.3, -0.25) is 0 Å². The first-order chi connectivity index (χ1) is 8.72. The van der Waals surface area contributed by atoms with Crippen molar-refractivity contribution in [3.63, 3.8) is 0 Å². The normalized spacial score (nSPS) is 43.7. The summed E-state index contributed by atoms with van der Waals surface area (Å²) in [4.78, 5) is 0. The molecule has 0 aliphatic heterocycles. The average Bonchev–Trinajstić information content (AvgIpc) is 2.41. The molecule has 1 nitrogen and oxygen atoms in total. The van der Waals surface area contributed by atoms with Crippen LogP contribution >= 0.6 is 11.6 Å². The third-order valence-corrected chi connectivity index (χ3v) is 6.46. The summed E-state index contributed by atoms with van der Waals surface area (Å²) < 4.78 is 6.52. The minimum atomic E-state index is 0.358. The van der Waals surface area contributed by atoms with Gasteiger partial charge < -0.3 is 4.74 Å². The zero-order valence-corrected chi connectivity index (χ0v) is 12.4. The Morgan fingerprint density at radius 1 is 1.00 bits per heavy atom. The van der Waals surface area contributed by atoms with E-state index in [2.05, 4.69) is 6.92 Å². The Bertz CT molecular complexity index is 285. The van der Waals surface area contributed by atoms with Crippen molar-refractivity contribution in [2.45, 2.75) is 88.7 Å². The zero-order valence-electron chi connectivity index (χ0n) is 11.7. The maximum atomic E-state index is 6.55. The van der Waals surface area contributed by atoms with E-state index in [0.29, 0.717) is 23.0 Å². The van der Waals surface area contributed by atoms with E-state index in [0.717, 1.165) is 12.3 Å². The highest BCUT2D eigenvalue weighted by atomic mass is 35.5. The molecular weight excluding hydrogens is 244 g/mol. The summed E-state index contributed by atoms with van der Waals surface area (Å²) in [6.45, 7) is 2.37. The topological polar surface area (TPSA) is 9.23 Å². The number of hydrogen-bond donors (Lipinski definition) is 0. The maximum absolute atomic E-state index is 6.55. The second kappa shape index (κ2) is 5.32. The highest BCUT2D eigenvalue weighted by Crippen LogP contribution is 2.56. The van der Waals surface area contributed by atoms with Crippen LogP contribution in [0.1, 0.15) is 71.1 Å². The van der Waals surface area contributed by atoms with Crippen molar-refractivity contribution >= 4 is 11.6 Å². The van der Waals surface area contributed by atoms with E-state index in [9.17, 15) is 0 Å². The molecule has 3 fully saturated rings. The Kier molecular flexibility index (Phi) is 3.92. The van der Waals surface area contributed by atoms with E-state index >= 15 is 0 Å². The Labute approximate surface area is 117 Å². The number of rotatable bonds is 2. The molecule has 3 aliphatic rings. The molecule has 0 radical (unpaired) electrons. The third-order valence-electron chi connectivity index (χ3n) is 5.84. The molecule has 0 amide bonds. The molecule has 3 saturated carbocycles. The van der Waals surface area contributed by atoms with Gasteiger partial charge >= 0.3 is 0 Å². The van der Waals surface area contributed by atoms with Crippen molar-refractivity contribution in [1.82, 2.24) is 0 Å². The van der Waals surface area contributed by atoms with Gasteiger partial charge in [0.1, 0.15) is 0 Å². The van der Waals surface area contributed by atoms with Crippen LogP contribution in [0, 0.1) is 11.3 Å². The second-order valence-electron chi connectivity index (χ2n) is 6.92. The van der Waals surface area contributed by atoms with Crippen LogP contribution in [0.5, 0.6) is 0 Å². The van der Waals surface area contributed by atoms with Crippen molar-refractivity contribution in [1.29, 1.82) is 0 Å². The van der Waals surface area contributed by atoms with Crippen LogP contribution in [0.15, 0.2) is 0 Å². The first-order valence-electron chi connectivity index (χ1n) is 8.02. The molecule has 0 aromatic heterocycles. The summed E-state index contributed by atoms with van der Waals surface area (Å²) in [6.07, 6.45) is 14.2. The lowest BCUT2D eigenvalue weighted by Gasteiger charge is -2.56. The number of alkyl halides is 1. The van der Waals surface area contributed by atoms with Gasteiger partial charge in [0.2, 0.25) is 0 Å². The summed E-state index contributed by atoms with van der Waals surface area (Å²) >= 11 is 6.55. The van der Waals surface area contributed by atoms with Crippen LogP contribution in [0.4, 0.5) is 0 Å². The minimum Gasteiger partial charge on any atom is -0.374 e. The fraction of sp³-hybridized carbons (Fsp3) is 1.00. The molecule has 3 aliphatic carbocycles. The smallest absolute Gasteiger partial charge is 0.0663 e. The first kappa shape index (κ1) is 13.2. The van der Waals surface area contributed by atoms with Crippen molar-refractivity contribution < 1.29 is 4.74 Å². The fourth-order valence-corrected chi connectivity index (χ4v) is 4.95. The van der Waals surface area contributed by atoms with E-state index in [1.165, 1.54) is 57.8 Å². The summed E-state index contributed by atoms with van der Waals surface area (Å²) in [5, 5.41) is 0.390. The quantitative estimate of drug-likeness (QED) is 0.648. The van der Waals surface area contributed by atoms with Crippen molar-refractivity contribution in [3.05, 3.63) is 0 Å². The number of hydrogen-bond acceptors (Lipinski definition) is 1. The van der Waals surface area contributed by atoms with Gasteiger partial charge in [0.05, 0.1) is 12.2 Å². The summed E-state index contributed by atoms with van der Waals surface area (Å²) in [5.74, 6) is 0.758. The lowest BCUT2D eigenvalue weighted by atomic mass is 9.58. The molecule has 0 heterocycles. The predicted molar refractivity (Wildman–Crippen MR) is 76.1 cm³/mol. The van der Waals surface area contributed by atoms with Crippen LogP contribution in [-0.2, 0) is 4.74 Å². The van der Waals surface area contributed by atoms with Crippen LogP contribution in [0.2, 0.25) is 0 Å². The van der Waals surface area contributed by atoms with Crippen LogP contribution in [0.3, 0.4) is 0 Å². The lowest BCUT2D eigenvalue weighted by Crippen LogP contribution is -2.58. The molecule has 0 saturated heterocycles. The molecule has 1 spiro atoms. The van der Waals surface area contributed by atoms with Crippen LogP contribution < -0.4 is 0 Å². The number of halogens is 1. The molecule has 0 bridgehead atoms. The Hall–Kier alpha value is 0.250. The molecule has 104 valence electrons. The van der Waals surface area contributed by atoms with E-state index in [1.807, 2.05) is 0 Å². The summed E-state index contributed by atoms with van der Waals surface area (Å²) in [5.41, 5.74) is 0.358. The lowest BCUT2D eigenvalue weighted by molar-refractivity contribution is -0.169. The molecular formula is C16H27ClO. The molecule has 0 aromatic rings. The summed E-state index contributed by atoms with van der Waals surface area (Å²) in [7, 11) is 0. The first-order valence-corrected chi connectivity index (χ1v) is 8.45. The van der Waals surface area contributed by atoms with Crippen LogP contribution in [0.25, 0.3) is 0 Å². The second-order valence-corrected chi connectivity index (χ2v) is 7.45. The van der Waals surface area contributed by atoms with Crippen molar-refractivity contribution in [2.75, 3.05) is 0 Å². The fourth-order valence-electron chi connectivity index (χ4n) is 4.43. The molecule has 3 rings (SSSR count). The third kappa shape index (κ3) is 2.22. The highest BCUT2D eigenvalue weighted by Gasteiger charge is 2.55. The van der Waals surface area contributed by atoms with Gasteiger partial charge in [-0.05, 0) is 38.0 Å². The van der Waals surface area contributed by atoms with Crippen molar-refractivity contribution in [2.24, 2.45) is 11.3 Å². The van der Waals surface area contributed by atoms with Crippen molar-refractivity contribution in [3.8, 4) is 0 Å². The SMILES string of the molecule is CC1CCCCC1OC1CC(Cl)C12CCCCC2. The van der Waals surface area contributed by atoms with Gasteiger partial charge in [0.25, 0.3) is 0 Å². The molecule has 18 heavy (non-hydrogen) atoms. The molecule has 0 aromatic carbocycles. The van der Waals surface area contributed by atoms with E-state index in [1.54, 1.807) is 0 Å². The maximum Gasteiger partial charge on any atom is 0.0663 e. The standard InChI is InChI=1S/C16H27ClO/c1-12-7-3-4-8-13(12)18-15-11-14(17)16(15)9-5-2-6-10-16/h12-15H,2-11H2,1H3. The van der Waals surface area contributed by atoms with E-state index in [4.69, 9.17) is 16.3 Å². The van der Waals surface area contributed by atoms with E-state index < -0.39 is 0 Å². The zero-order chi connectivity index (χ0) is 12.6. The summed E-state index contributed by atoms with van der Waals surface area (Å²) in [6, 6.07) is 0. The van der Waals surface area contributed by atoms with Gasteiger partial charge in [-0.15, -0.1) is 11.6 Å². The van der Waals surface area contributed by atoms with Gasteiger partial charge in [-0.25, -0.2) is 0 Å². The monoisotopic (exact) mass is 270 g/mol. The van der Waals surface area contributed by atoms with Crippen LogP contribution in [-0.4, -0.2) is 17.6 Å². The Morgan fingerprint density at radius 3 is 2.39 bits per heavy atom. The Morgan fingerprint density at radius 2 is 1.72 bits per heavy atom. The average molecular weight is 271 g/mol. The molecule has 4 atom stereocenters. The Balaban J connectivity index is 1.62. The molecule has 4 unspecified atom stereocenters. The van der Waals surface area contributed by atoms with Gasteiger partial charge in [-0.1, -0.05) is 39.0 Å². The highest BCUT2D eigenvalue weighted by molar-refractivity contribution is 6.21. The predicted octanol–water partition coefficient (Wildman–Crippen LogP) is 4.91. The molecule has 2 heteroatoms. The largest absolute Gasteiger partial charge is 0.374 e. The van der Waals surface area contributed by atoms with Gasteiger partial charge in [0, 0.05) is 10.8 Å².